The minimum Gasteiger partial charge on any atom is -0.462 e. The van der Waals surface area contributed by atoms with Crippen molar-refractivity contribution in [1.29, 1.82) is 0 Å². The topological polar surface area (TPSA) is 72.8 Å². The van der Waals surface area contributed by atoms with Crippen LogP contribution in [0.4, 0.5) is 0 Å². The molecule has 536 valence electrons. The first-order chi connectivity index (χ1) is 44.6. The molecule has 1 unspecified atom stereocenters. The van der Waals surface area contributed by atoms with E-state index >= 15 is 0 Å². The zero-order valence-electron chi connectivity index (χ0n) is 62.0. The number of ether oxygens (including phenoxy) is 2. The fraction of sp³-hybridized carbons (Fsp3) is 0.953. The van der Waals surface area contributed by atoms with Crippen LogP contribution < -0.4 is 0 Å². The molecule has 1 atom stereocenters. The average Bonchev–Trinajstić information content (AvgIpc) is 3.59. The summed E-state index contributed by atoms with van der Waals surface area (Å²) < 4.78 is 10.8. The lowest BCUT2D eigenvalue weighted by Gasteiger charge is -2.15. The molecule has 0 radical (unpaired) electrons. The zero-order chi connectivity index (χ0) is 64.7. The van der Waals surface area contributed by atoms with Gasteiger partial charge < -0.3 is 14.6 Å². The molecule has 0 fully saturated rings. The molecule has 0 saturated heterocycles. The van der Waals surface area contributed by atoms with E-state index in [9.17, 15) is 14.7 Å². The number of allylic oxidation sites excluding steroid dienone is 2. The molecular formula is C85H166O5. The van der Waals surface area contributed by atoms with E-state index in [1.807, 2.05) is 0 Å². The lowest BCUT2D eigenvalue weighted by molar-refractivity contribution is -0.161. The second-order valence-electron chi connectivity index (χ2n) is 29.3. The maximum Gasteiger partial charge on any atom is 0.306 e. The maximum atomic E-state index is 12.4. The standard InChI is InChI=1S/C85H166O5/c1-3-5-7-9-11-13-15-17-19-21-23-25-27-29-31-33-35-37-39-41-42-44-46-48-50-52-54-56-58-60-62-64-66-68-70-72-74-76-78-80-85(88)90-83(81-86)82-89-84(87)79-77-75-73-71-69-67-65-63-61-59-57-55-53-51-49-47-45-43-40-38-36-34-32-30-28-26-24-22-20-18-16-14-12-10-8-6-4-2/h21,23,83,86H,3-20,22,24-82H2,1-2H3/b23-21-. The highest BCUT2D eigenvalue weighted by atomic mass is 16.6. The summed E-state index contributed by atoms with van der Waals surface area (Å²) >= 11 is 0. The van der Waals surface area contributed by atoms with Crippen LogP contribution in [0.25, 0.3) is 0 Å². The molecule has 0 aromatic carbocycles. The molecule has 1 N–H and O–H groups in total. The second-order valence-corrected chi connectivity index (χ2v) is 29.3. The monoisotopic (exact) mass is 1270 g/mol. The van der Waals surface area contributed by atoms with Gasteiger partial charge in [0.05, 0.1) is 6.61 Å². The molecule has 0 heterocycles. The van der Waals surface area contributed by atoms with E-state index in [0.717, 1.165) is 32.1 Å². The van der Waals surface area contributed by atoms with E-state index < -0.39 is 6.10 Å². The average molecular weight is 1270 g/mol. The number of carbonyl (C=O) groups is 2. The Kier molecular flexibility index (Phi) is 80.6. The minimum atomic E-state index is -0.768. The summed E-state index contributed by atoms with van der Waals surface area (Å²) in [4.78, 5) is 24.7. The van der Waals surface area contributed by atoms with Gasteiger partial charge in [0.2, 0.25) is 0 Å². The Hall–Kier alpha value is -1.36. The summed E-state index contributed by atoms with van der Waals surface area (Å²) in [6, 6.07) is 0. The quantitative estimate of drug-likeness (QED) is 0.0373. The third-order valence-corrected chi connectivity index (χ3v) is 20.1. The number of aliphatic hydroxyl groups excluding tert-OH is 1. The SMILES string of the molecule is CCCCCCCCCC/C=C\CCCCCCCCCCCCCCCCCCCCCCCCCCCCCC(=O)OC(CO)COC(=O)CCCCCCCCCCCCCCCCCCCCCCCCCCCCCCCCCCCCCCC. The van der Waals surface area contributed by atoms with Crippen molar-refractivity contribution in [2.75, 3.05) is 13.2 Å². The second kappa shape index (κ2) is 81.9. The largest absolute Gasteiger partial charge is 0.462 e. The number of carbonyl (C=O) groups excluding carboxylic acids is 2. The van der Waals surface area contributed by atoms with Crippen molar-refractivity contribution in [3.63, 3.8) is 0 Å². The number of hydrogen-bond donors (Lipinski definition) is 1. The van der Waals surface area contributed by atoms with Gasteiger partial charge in [-0.3, -0.25) is 9.59 Å². The van der Waals surface area contributed by atoms with E-state index in [-0.39, 0.29) is 25.2 Å². The van der Waals surface area contributed by atoms with Gasteiger partial charge in [-0.1, -0.05) is 463 Å². The van der Waals surface area contributed by atoms with E-state index in [1.54, 1.807) is 0 Å². The molecule has 0 aliphatic rings. The molecule has 0 rings (SSSR count). The van der Waals surface area contributed by atoms with Crippen molar-refractivity contribution >= 4 is 11.9 Å². The summed E-state index contributed by atoms with van der Waals surface area (Å²) in [5.41, 5.74) is 0. The van der Waals surface area contributed by atoms with Crippen LogP contribution in [0.2, 0.25) is 0 Å². The first-order valence-corrected chi connectivity index (χ1v) is 42.2. The van der Waals surface area contributed by atoms with Crippen molar-refractivity contribution in [2.45, 2.75) is 508 Å². The number of aliphatic hydroxyl groups is 1. The molecule has 0 aromatic rings. The molecular weight excluding hydrogens is 1100 g/mol. The molecule has 0 amide bonds. The van der Waals surface area contributed by atoms with E-state index in [2.05, 4.69) is 26.0 Å². The molecule has 0 spiro atoms. The third-order valence-electron chi connectivity index (χ3n) is 20.1. The highest BCUT2D eigenvalue weighted by Crippen LogP contribution is 2.21. The number of hydrogen-bond acceptors (Lipinski definition) is 5. The van der Waals surface area contributed by atoms with Crippen molar-refractivity contribution in [1.82, 2.24) is 0 Å². The Balaban J connectivity index is 3.33. The maximum absolute atomic E-state index is 12.4. The number of esters is 2. The summed E-state index contributed by atoms with van der Waals surface area (Å²) in [5, 5.41) is 9.74. The summed E-state index contributed by atoms with van der Waals surface area (Å²) in [6.07, 6.45) is 108. The molecule has 5 heteroatoms. The van der Waals surface area contributed by atoms with Gasteiger partial charge in [-0.05, 0) is 38.5 Å². The Morgan fingerprint density at radius 3 is 0.600 bits per heavy atom. The molecule has 0 saturated carbocycles. The van der Waals surface area contributed by atoms with E-state index in [0.29, 0.717) is 12.8 Å². The van der Waals surface area contributed by atoms with Crippen LogP contribution in [0.1, 0.15) is 502 Å². The third kappa shape index (κ3) is 79.1. The minimum absolute atomic E-state index is 0.0559. The van der Waals surface area contributed by atoms with Gasteiger partial charge in [0, 0.05) is 12.8 Å². The van der Waals surface area contributed by atoms with Gasteiger partial charge >= 0.3 is 11.9 Å². The summed E-state index contributed by atoms with van der Waals surface area (Å²) in [5.74, 6) is -0.556. The van der Waals surface area contributed by atoms with Crippen molar-refractivity contribution in [3.8, 4) is 0 Å². The Bertz CT molecular complexity index is 1340. The van der Waals surface area contributed by atoms with Gasteiger partial charge in [-0.25, -0.2) is 0 Å². The molecule has 0 aliphatic carbocycles. The Labute approximate surface area is 566 Å². The van der Waals surface area contributed by atoms with Crippen LogP contribution in [0.15, 0.2) is 12.2 Å². The van der Waals surface area contributed by atoms with Crippen LogP contribution in [0.5, 0.6) is 0 Å². The molecule has 5 nitrogen and oxygen atoms in total. The lowest BCUT2D eigenvalue weighted by atomic mass is 10.0. The molecule has 0 aromatic heterocycles. The van der Waals surface area contributed by atoms with Crippen LogP contribution in [-0.4, -0.2) is 36.4 Å². The first-order valence-electron chi connectivity index (χ1n) is 42.2. The van der Waals surface area contributed by atoms with Crippen LogP contribution in [0, 0.1) is 0 Å². The van der Waals surface area contributed by atoms with Crippen molar-refractivity contribution in [3.05, 3.63) is 12.2 Å². The molecule has 90 heavy (non-hydrogen) atoms. The highest BCUT2D eigenvalue weighted by Gasteiger charge is 2.16. The first kappa shape index (κ1) is 88.6. The lowest BCUT2D eigenvalue weighted by Crippen LogP contribution is -2.28. The smallest absolute Gasteiger partial charge is 0.306 e. The fourth-order valence-corrected chi connectivity index (χ4v) is 13.7. The Morgan fingerprint density at radius 2 is 0.411 bits per heavy atom. The van der Waals surface area contributed by atoms with Crippen LogP contribution in [0.3, 0.4) is 0 Å². The van der Waals surface area contributed by atoms with Gasteiger partial charge in [0.15, 0.2) is 6.10 Å². The predicted molar refractivity (Wildman–Crippen MR) is 399 cm³/mol. The summed E-state index contributed by atoms with van der Waals surface area (Å²) in [7, 11) is 0. The van der Waals surface area contributed by atoms with Gasteiger partial charge in [-0.2, -0.15) is 0 Å². The van der Waals surface area contributed by atoms with Gasteiger partial charge in [0.25, 0.3) is 0 Å². The zero-order valence-corrected chi connectivity index (χ0v) is 62.0. The van der Waals surface area contributed by atoms with E-state index in [4.69, 9.17) is 9.47 Å². The van der Waals surface area contributed by atoms with Crippen molar-refractivity contribution < 1.29 is 24.2 Å². The highest BCUT2D eigenvalue weighted by molar-refractivity contribution is 5.70. The van der Waals surface area contributed by atoms with E-state index in [1.165, 1.54) is 443 Å². The van der Waals surface area contributed by atoms with Crippen LogP contribution >= 0.6 is 0 Å². The van der Waals surface area contributed by atoms with Gasteiger partial charge in [-0.15, -0.1) is 0 Å². The van der Waals surface area contributed by atoms with Crippen LogP contribution in [-0.2, 0) is 19.1 Å². The normalized spacial score (nSPS) is 12.1. The summed E-state index contributed by atoms with van der Waals surface area (Å²) in [6.45, 7) is 4.23. The van der Waals surface area contributed by atoms with Crippen molar-refractivity contribution in [2.24, 2.45) is 0 Å². The fourth-order valence-electron chi connectivity index (χ4n) is 13.7. The number of unbranched alkanes of at least 4 members (excludes halogenated alkanes) is 71. The van der Waals surface area contributed by atoms with Gasteiger partial charge in [0.1, 0.15) is 6.61 Å². The molecule has 0 bridgehead atoms. The predicted octanol–water partition coefficient (Wildman–Crippen LogP) is 29.7. The molecule has 0 aliphatic heterocycles. The number of rotatable bonds is 81. The Morgan fingerprint density at radius 1 is 0.244 bits per heavy atom.